The molecule has 0 aliphatic heterocycles. The summed E-state index contributed by atoms with van der Waals surface area (Å²) in [6, 6.07) is 20.7. The Morgan fingerprint density at radius 1 is 0.771 bits per heavy atom. The molecule has 5 aromatic rings. The molecule has 0 bridgehead atoms. The number of nitrogens with one attached hydrogen (secondary N) is 1. The number of aromatic amines is 1. The molecule has 9 heteroatoms. The Balaban J connectivity index is 1.84. The molecular weight excluding hydrogens is 496 g/mol. The fourth-order valence-corrected chi connectivity index (χ4v) is 4.17. The molecule has 0 fully saturated rings. The van der Waals surface area contributed by atoms with E-state index in [9.17, 15) is 18.4 Å². The van der Waals surface area contributed by atoms with Gasteiger partial charge in [0.2, 0.25) is 0 Å². The number of aromatic nitrogens is 3. The summed E-state index contributed by atoms with van der Waals surface area (Å²) in [6.07, 6.45) is -4.48. The Labute approximate surface area is 207 Å². The highest BCUT2D eigenvalue weighted by Crippen LogP contribution is 2.41. The molecule has 2 heterocycles. The molecular formula is C26H13Cl2F3N4. The number of rotatable bonds is 3. The van der Waals surface area contributed by atoms with Crippen molar-refractivity contribution < 1.29 is 13.2 Å². The predicted octanol–water partition coefficient (Wildman–Crippen LogP) is 8.16. The van der Waals surface area contributed by atoms with Crippen LogP contribution in [0.1, 0.15) is 11.1 Å². The number of pyridine rings is 1. The van der Waals surface area contributed by atoms with Crippen molar-refractivity contribution >= 4 is 34.2 Å². The van der Waals surface area contributed by atoms with Crippen LogP contribution in [-0.2, 0) is 6.18 Å². The van der Waals surface area contributed by atoms with Crippen LogP contribution in [0.15, 0.2) is 72.8 Å². The third-order valence-electron chi connectivity index (χ3n) is 5.56. The molecule has 5 rings (SSSR count). The van der Waals surface area contributed by atoms with Gasteiger partial charge in [-0.05, 0) is 42.0 Å². The van der Waals surface area contributed by atoms with Crippen LogP contribution in [0.4, 0.5) is 13.2 Å². The van der Waals surface area contributed by atoms with Crippen LogP contribution in [0.25, 0.3) is 44.7 Å². The third-order valence-corrected chi connectivity index (χ3v) is 6.07. The zero-order valence-electron chi connectivity index (χ0n) is 17.7. The Kier molecular flexibility index (Phi) is 5.72. The predicted molar refractivity (Wildman–Crippen MR) is 130 cm³/mol. The maximum absolute atomic E-state index is 13.2. The Morgan fingerprint density at radius 3 is 1.86 bits per heavy atom. The number of benzene rings is 3. The molecule has 0 radical (unpaired) electrons. The molecule has 0 aliphatic carbocycles. The van der Waals surface area contributed by atoms with E-state index in [1.54, 1.807) is 48.5 Å². The fourth-order valence-electron chi connectivity index (χ4n) is 3.92. The van der Waals surface area contributed by atoms with Gasteiger partial charge in [-0.3, -0.25) is 5.10 Å². The van der Waals surface area contributed by atoms with Gasteiger partial charge in [-0.15, -0.1) is 0 Å². The average molecular weight is 509 g/mol. The van der Waals surface area contributed by atoms with Gasteiger partial charge >= 0.3 is 6.18 Å². The molecule has 35 heavy (non-hydrogen) atoms. The summed E-state index contributed by atoms with van der Waals surface area (Å²) in [5.41, 5.74) is 2.85. The summed E-state index contributed by atoms with van der Waals surface area (Å²) in [4.78, 5) is 4.64. The summed E-state index contributed by atoms with van der Waals surface area (Å²) in [6.45, 7) is 0. The molecule has 0 unspecified atom stereocenters. The van der Waals surface area contributed by atoms with E-state index in [4.69, 9.17) is 23.2 Å². The van der Waals surface area contributed by atoms with Crippen molar-refractivity contribution in [2.45, 2.75) is 6.18 Å². The third kappa shape index (κ3) is 4.23. The van der Waals surface area contributed by atoms with Gasteiger partial charge in [0.25, 0.3) is 0 Å². The molecule has 0 amide bonds. The van der Waals surface area contributed by atoms with E-state index in [1.165, 1.54) is 12.1 Å². The molecule has 0 saturated heterocycles. The summed E-state index contributed by atoms with van der Waals surface area (Å²) in [5, 5.41) is 19.1. The number of halogens is 5. The number of H-pyrrole nitrogens is 1. The summed E-state index contributed by atoms with van der Waals surface area (Å²) >= 11 is 12.1. The maximum Gasteiger partial charge on any atom is 0.416 e. The van der Waals surface area contributed by atoms with E-state index in [2.05, 4.69) is 21.3 Å². The first-order valence-corrected chi connectivity index (χ1v) is 11.0. The highest BCUT2D eigenvalue weighted by molar-refractivity contribution is 6.31. The average Bonchev–Trinajstić information content (AvgIpc) is 3.27. The number of nitrogens with zero attached hydrogens (tertiary/aromatic N) is 3. The second-order valence-electron chi connectivity index (χ2n) is 7.71. The van der Waals surface area contributed by atoms with E-state index in [-0.39, 0.29) is 5.56 Å². The van der Waals surface area contributed by atoms with Crippen molar-refractivity contribution in [3.63, 3.8) is 0 Å². The zero-order chi connectivity index (χ0) is 24.7. The van der Waals surface area contributed by atoms with Crippen LogP contribution in [-0.4, -0.2) is 15.2 Å². The second-order valence-corrected chi connectivity index (χ2v) is 8.58. The molecule has 0 spiro atoms. The van der Waals surface area contributed by atoms with Crippen LogP contribution in [0.5, 0.6) is 0 Å². The monoisotopic (exact) mass is 508 g/mol. The SMILES string of the molecule is N#Cc1c(-c2ccc(Cl)cc2)nc2n[nH]c(-c3ccc(Cl)cc3)c2c1-c1ccc(C(F)(F)F)cc1. The highest BCUT2D eigenvalue weighted by Gasteiger charge is 2.30. The summed E-state index contributed by atoms with van der Waals surface area (Å²) in [7, 11) is 0. The minimum Gasteiger partial charge on any atom is -0.275 e. The van der Waals surface area contributed by atoms with Gasteiger partial charge in [-0.25, -0.2) is 4.98 Å². The van der Waals surface area contributed by atoms with Gasteiger partial charge < -0.3 is 0 Å². The standard InChI is InChI=1S/C26H13Cl2F3N4/c27-18-9-3-15(4-10-18)23-20(13-32)21(14-1-7-17(8-2-14)26(29,30)31)22-24(34-35-25(22)33-23)16-5-11-19(28)12-6-16/h1-12H,(H,33,34,35). The minimum atomic E-state index is -4.48. The number of alkyl halides is 3. The molecule has 172 valence electrons. The largest absolute Gasteiger partial charge is 0.416 e. The van der Waals surface area contributed by atoms with E-state index in [0.29, 0.717) is 49.2 Å². The lowest BCUT2D eigenvalue weighted by atomic mass is 9.91. The van der Waals surface area contributed by atoms with Crippen LogP contribution in [0.2, 0.25) is 10.0 Å². The van der Waals surface area contributed by atoms with E-state index >= 15 is 0 Å². The Morgan fingerprint density at radius 2 is 1.31 bits per heavy atom. The van der Waals surface area contributed by atoms with Gasteiger partial charge in [-0.1, -0.05) is 59.6 Å². The van der Waals surface area contributed by atoms with Crippen molar-refractivity contribution in [2.24, 2.45) is 0 Å². The first-order valence-electron chi connectivity index (χ1n) is 10.3. The fraction of sp³-hybridized carbons (Fsp3) is 0.0385. The number of nitriles is 1. The highest BCUT2D eigenvalue weighted by atomic mass is 35.5. The molecule has 0 aliphatic rings. The Hall–Kier alpha value is -3.86. The Bertz CT molecular complexity index is 1580. The van der Waals surface area contributed by atoms with Gasteiger partial charge in [0.1, 0.15) is 6.07 Å². The zero-order valence-corrected chi connectivity index (χ0v) is 19.2. The molecule has 0 atom stereocenters. The minimum absolute atomic E-state index is 0.205. The molecule has 4 nitrogen and oxygen atoms in total. The number of hydrogen-bond acceptors (Lipinski definition) is 3. The van der Waals surface area contributed by atoms with Crippen molar-refractivity contribution in [1.82, 2.24) is 15.2 Å². The lowest BCUT2D eigenvalue weighted by Gasteiger charge is -2.13. The molecule has 3 aromatic carbocycles. The quantitative estimate of drug-likeness (QED) is 0.267. The maximum atomic E-state index is 13.2. The van der Waals surface area contributed by atoms with Crippen LogP contribution in [0.3, 0.4) is 0 Å². The van der Waals surface area contributed by atoms with Gasteiger partial charge in [0, 0.05) is 26.7 Å². The second kappa shape index (κ2) is 8.73. The van der Waals surface area contributed by atoms with Crippen molar-refractivity contribution in [3.05, 3.63) is 94.0 Å². The lowest BCUT2D eigenvalue weighted by molar-refractivity contribution is -0.137. The molecule has 1 N–H and O–H groups in total. The first-order chi connectivity index (χ1) is 16.8. The molecule has 2 aromatic heterocycles. The summed E-state index contributed by atoms with van der Waals surface area (Å²) in [5.74, 6) is 0. The van der Waals surface area contributed by atoms with Crippen molar-refractivity contribution in [2.75, 3.05) is 0 Å². The van der Waals surface area contributed by atoms with Crippen molar-refractivity contribution in [3.8, 4) is 39.7 Å². The van der Waals surface area contributed by atoms with Gasteiger partial charge in [0.15, 0.2) is 5.65 Å². The topological polar surface area (TPSA) is 65.4 Å². The van der Waals surface area contributed by atoms with Gasteiger partial charge in [-0.2, -0.15) is 23.5 Å². The van der Waals surface area contributed by atoms with E-state index < -0.39 is 11.7 Å². The van der Waals surface area contributed by atoms with E-state index in [1.807, 2.05) is 0 Å². The molecule has 0 saturated carbocycles. The van der Waals surface area contributed by atoms with Gasteiger partial charge in [0.05, 0.1) is 27.9 Å². The normalized spacial score (nSPS) is 11.5. The number of fused-ring (bicyclic) bond motifs is 1. The van der Waals surface area contributed by atoms with Crippen LogP contribution in [0, 0.1) is 11.3 Å². The van der Waals surface area contributed by atoms with Crippen LogP contribution >= 0.6 is 23.2 Å². The van der Waals surface area contributed by atoms with Crippen LogP contribution < -0.4 is 0 Å². The first kappa shape index (κ1) is 22.9. The van der Waals surface area contributed by atoms with Crippen molar-refractivity contribution in [1.29, 1.82) is 5.26 Å². The summed E-state index contributed by atoms with van der Waals surface area (Å²) < 4.78 is 39.6. The van der Waals surface area contributed by atoms with E-state index in [0.717, 1.165) is 17.7 Å². The number of hydrogen-bond donors (Lipinski definition) is 1. The smallest absolute Gasteiger partial charge is 0.275 e. The lowest BCUT2D eigenvalue weighted by Crippen LogP contribution is -2.04.